The summed E-state index contributed by atoms with van der Waals surface area (Å²) in [6.45, 7) is 5.73. The molecule has 3 nitrogen and oxygen atoms in total. The van der Waals surface area contributed by atoms with Crippen molar-refractivity contribution in [3.63, 3.8) is 0 Å². The highest BCUT2D eigenvalue weighted by atomic mass is 16.2. The predicted molar refractivity (Wildman–Crippen MR) is 78.0 cm³/mol. The van der Waals surface area contributed by atoms with Gasteiger partial charge in [0.25, 0.3) is 0 Å². The third kappa shape index (κ3) is 2.98. The molecule has 2 unspecified atom stereocenters. The fraction of sp³-hybridized carbons (Fsp3) is 0.562. The first-order chi connectivity index (χ1) is 9.15. The number of fused-ring (bicyclic) bond motifs is 1. The number of nitrogens with one attached hydrogen (secondary N) is 1. The molecular weight excluding hydrogens is 236 g/mol. The summed E-state index contributed by atoms with van der Waals surface area (Å²) in [5, 5.41) is 3.25. The van der Waals surface area contributed by atoms with Gasteiger partial charge in [-0.25, -0.2) is 0 Å². The Morgan fingerprint density at radius 3 is 2.95 bits per heavy atom. The average molecular weight is 260 g/mol. The molecule has 1 aromatic carbocycles. The van der Waals surface area contributed by atoms with Gasteiger partial charge in [0.2, 0.25) is 5.91 Å². The molecule has 3 heteroatoms. The number of hydrogen-bond acceptors (Lipinski definition) is 2. The van der Waals surface area contributed by atoms with E-state index in [1.807, 2.05) is 18.9 Å². The van der Waals surface area contributed by atoms with Crippen molar-refractivity contribution in [2.45, 2.75) is 32.7 Å². The number of amides is 1. The maximum Gasteiger partial charge on any atom is 0.226 e. The maximum absolute atomic E-state index is 12.4. The zero-order chi connectivity index (χ0) is 13.8. The second-order valence-electron chi connectivity index (χ2n) is 5.41. The highest BCUT2D eigenvalue weighted by molar-refractivity contribution is 5.79. The lowest BCUT2D eigenvalue weighted by Crippen LogP contribution is -2.38. The van der Waals surface area contributed by atoms with Crippen molar-refractivity contribution in [1.29, 1.82) is 0 Å². The fourth-order valence-electron chi connectivity index (χ4n) is 2.89. The van der Waals surface area contributed by atoms with Crippen LogP contribution in [0.2, 0.25) is 0 Å². The fourth-order valence-corrected chi connectivity index (χ4v) is 2.89. The van der Waals surface area contributed by atoms with Crippen LogP contribution in [-0.4, -0.2) is 30.9 Å². The summed E-state index contributed by atoms with van der Waals surface area (Å²) in [6.07, 6.45) is 2.13. The maximum atomic E-state index is 12.4. The lowest BCUT2D eigenvalue weighted by atomic mass is 10.0. The topological polar surface area (TPSA) is 32.3 Å². The van der Waals surface area contributed by atoms with Crippen LogP contribution < -0.4 is 5.32 Å². The van der Waals surface area contributed by atoms with E-state index < -0.39 is 0 Å². The molecule has 1 aromatic rings. The van der Waals surface area contributed by atoms with Gasteiger partial charge in [-0.15, -0.1) is 0 Å². The first-order valence-corrected chi connectivity index (χ1v) is 7.20. The Bertz CT molecular complexity index is 444. The molecule has 0 saturated heterocycles. The third-order valence-electron chi connectivity index (χ3n) is 4.04. The smallest absolute Gasteiger partial charge is 0.226 e. The summed E-state index contributed by atoms with van der Waals surface area (Å²) >= 11 is 0. The highest BCUT2D eigenvalue weighted by Crippen LogP contribution is 2.35. The Morgan fingerprint density at radius 1 is 1.47 bits per heavy atom. The van der Waals surface area contributed by atoms with E-state index in [1.54, 1.807) is 0 Å². The van der Waals surface area contributed by atoms with Gasteiger partial charge in [0.15, 0.2) is 0 Å². The molecule has 0 heterocycles. The Labute approximate surface area is 116 Å². The molecular formula is C16H24N2O. The van der Waals surface area contributed by atoms with E-state index in [-0.39, 0.29) is 17.9 Å². The molecule has 0 saturated carbocycles. The molecule has 2 atom stereocenters. The van der Waals surface area contributed by atoms with Crippen molar-refractivity contribution in [3.05, 3.63) is 35.4 Å². The monoisotopic (exact) mass is 260 g/mol. The van der Waals surface area contributed by atoms with Crippen molar-refractivity contribution in [2.75, 3.05) is 20.1 Å². The molecule has 0 fully saturated rings. The lowest BCUT2D eigenvalue weighted by Gasteiger charge is -2.28. The molecule has 104 valence electrons. The van der Waals surface area contributed by atoms with E-state index in [4.69, 9.17) is 0 Å². The quantitative estimate of drug-likeness (QED) is 0.881. The molecule has 0 radical (unpaired) electrons. The van der Waals surface area contributed by atoms with E-state index >= 15 is 0 Å². The second-order valence-corrected chi connectivity index (χ2v) is 5.41. The number of rotatable bonds is 5. The zero-order valence-corrected chi connectivity index (χ0v) is 12.1. The molecule has 1 aliphatic carbocycles. The van der Waals surface area contributed by atoms with Crippen LogP contribution in [0, 0.1) is 5.92 Å². The average Bonchev–Trinajstić information content (AvgIpc) is 2.87. The SMILES string of the molecule is CCNCC(C)C(=O)N(C)C1CCc2ccccc21. The number of carbonyl (C=O) groups is 1. The lowest BCUT2D eigenvalue weighted by molar-refractivity contribution is -0.135. The number of benzene rings is 1. The van der Waals surface area contributed by atoms with Crippen molar-refractivity contribution in [2.24, 2.45) is 5.92 Å². The normalized spacial score (nSPS) is 19.0. The van der Waals surface area contributed by atoms with Gasteiger partial charge in [-0.2, -0.15) is 0 Å². The second kappa shape index (κ2) is 6.20. The first kappa shape index (κ1) is 14.1. The van der Waals surface area contributed by atoms with Crippen molar-refractivity contribution >= 4 is 5.91 Å². The summed E-state index contributed by atoms with van der Waals surface area (Å²) in [4.78, 5) is 14.4. The molecule has 1 N–H and O–H groups in total. The number of carbonyl (C=O) groups excluding carboxylic acids is 1. The Kier molecular flexibility index (Phi) is 4.59. The molecule has 0 aliphatic heterocycles. The van der Waals surface area contributed by atoms with E-state index in [0.29, 0.717) is 0 Å². The van der Waals surface area contributed by atoms with E-state index in [0.717, 1.165) is 25.9 Å². The predicted octanol–water partition coefficient (Wildman–Crippen LogP) is 2.38. The van der Waals surface area contributed by atoms with E-state index in [9.17, 15) is 4.79 Å². The first-order valence-electron chi connectivity index (χ1n) is 7.20. The molecule has 1 aliphatic rings. The minimum atomic E-state index is 0.0395. The van der Waals surface area contributed by atoms with Gasteiger partial charge >= 0.3 is 0 Å². The van der Waals surface area contributed by atoms with Crippen LogP contribution in [0.5, 0.6) is 0 Å². The number of aryl methyl sites for hydroxylation is 1. The summed E-state index contributed by atoms with van der Waals surface area (Å²) < 4.78 is 0. The molecule has 0 aromatic heterocycles. The molecule has 19 heavy (non-hydrogen) atoms. The zero-order valence-electron chi connectivity index (χ0n) is 12.1. The standard InChI is InChI=1S/C16H24N2O/c1-4-17-11-12(2)16(19)18(3)15-10-9-13-7-5-6-8-14(13)15/h5-8,12,15,17H,4,9-11H2,1-3H3. The minimum absolute atomic E-state index is 0.0395. The van der Waals surface area contributed by atoms with Gasteiger partial charge in [0, 0.05) is 19.5 Å². The summed E-state index contributed by atoms with van der Waals surface area (Å²) in [5.74, 6) is 0.278. The van der Waals surface area contributed by atoms with Crippen LogP contribution in [0.3, 0.4) is 0 Å². The van der Waals surface area contributed by atoms with E-state index in [2.05, 4.69) is 36.5 Å². The van der Waals surface area contributed by atoms with Crippen molar-refractivity contribution in [1.82, 2.24) is 10.2 Å². The van der Waals surface area contributed by atoms with Crippen LogP contribution in [0.1, 0.15) is 37.4 Å². The van der Waals surface area contributed by atoms with Crippen LogP contribution in [-0.2, 0) is 11.2 Å². The third-order valence-corrected chi connectivity index (χ3v) is 4.04. The van der Waals surface area contributed by atoms with Gasteiger partial charge in [0.05, 0.1) is 6.04 Å². The van der Waals surface area contributed by atoms with Crippen LogP contribution in [0.4, 0.5) is 0 Å². The van der Waals surface area contributed by atoms with Crippen LogP contribution >= 0.6 is 0 Å². The summed E-state index contributed by atoms with van der Waals surface area (Å²) in [7, 11) is 1.94. The Morgan fingerprint density at radius 2 is 2.21 bits per heavy atom. The molecule has 1 amide bonds. The van der Waals surface area contributed by atoms with Gasteiger partial charge in [0.1, 0.15) is 0 Å². The van der Waals surface area contributed by atoms with Crippen LogP contribution in [0.25, 0.3) is 0 Å². The van der Waals surface area contributed by atoms with Crippen molar-refractivity contribution < 1.29 is 4.79 Å². The largest absolute Gasteiger partial charge is 0.338 e. The Balaban J connectivity index is 2.05. The molecule has 2 rings (SSSR count). The van der Waals surface area contributed by atoms with Crippen molar-refractivity contribution in [3.8, 4) is 0 Å². The Hall–Kier alpha value is -1.35. The van der Waals surface area contributed by atoms with E-state index in [1.165, 1.54) is 11.1 Å². The summed E-state index contributed by atoms with van der Waals surface area (Å²) in [6, 6.07) is 8.74. The van der Waals surface area contributed by atoms with Gasteiger partial charge in [-0.05, 0) is 30.5 Å². The molecule has 0 bridgehead atoms. The minimum Gasteiger partial charge on any atom is -0.338 e. The van der Waals surface area contributed by atoms with Gasteiger partial charge in [-0.1, -0.05) is 38.1 Å². The van der Waals surface area contributed by atoms with Gasteiger partial charge in [-0.3, -0.25) is 4.79 Å². The molecule has 0 spiro atoms. The summed E-state index contributed by atoms with van der Waals surface area (Å²) in [5.41, 5.74) is 2.72. The van der Waals surface area contributed by atoms with Crippen LogP contribution in [0.15, 0.2) is 24.3 Å². The number of nitrogens with zero attached hydrogens (tertiary/aromatic N) is 1. The van der Waals surface area contributed by atoms with Gasteiger partial charge < -0.3 is 10.2 Å². The highest BCUT2D eigenvalue weighted by Gasteiger charge is 2.29. The number of hydrogen-bond donors (Lipinski definition) is 1.